The van der Waals surface area contributed by atoms with Crippen LogP contribution in [0.3, 0.4) is 0 Å². The van der Waals surface area contributed by atoms with Crippen molar-refractivity contribution in [2.75, 3.05) is 62.7 Å². The van der Waals surface area contributed by atoms with Gasteiger partial charge < -0.3 is 34.3 Å². The van der Waals surface area contributed by atoms with Crippen molar-refractivity contribution < 1.29 is 19.0 Å². The molecule has 0 unspecified atom stereocenters. The minimum atomic E-state index is -1.09. The summed E-state index contributed by atoms with van der Waals surface area (Å²) in [4.78, 5) is 21.0. The molecule has 6 rings (SSSR count). The summed E-state index contributed by atoms with van der Waals surface area (Å²) < 4.78 is 20.8. The van der Waals surface area contributed by atoms with Crippen molar-refractivity contribution in [3.63, 3.8) is 0 Å². The number of aromatic nitrogens is 2. The largest absolute Gasteiger partial charge is 0.491 e. The van der Waals surface area contributed by atoms with E-state index >= 15 is 0 Å². The van der Waals surface area contributed by atoms with Crippen molar-refractivity contribution in [3.8, 4) is 5.75 Å². The molecule has 4 aromatic rings. The first-order chi connectivity index (χ1) is 22.3. The number of urea groups is 1. The fraction of sp³-hybridized carbons (Fsp3) is 0.333. The van der Waals surface area contributed by atoms with Crippen molar-refractivity contribution in [1.82, 2.24) is 19.8 Å². The molecule has 0 radical (unpaired) electrons. The highest BCUT2D eigenvalue weighted by Crippen LogP contribution is 2.40. The summed E-state index contributed by atoms with van der Waals surface area (Å²) in [7, 11) is 0. The molecule has 2 fully saturated rings. The maximum atomic E-state index is 12.2. The van der Waals surface area contributed by atoms with E-state index in [2.05, 4.69) is 37.6 Å². The lowest BCUT2D eigenvalue weighted by Crippen LogP contribution is -2.48. The second kappa shape index (κ2) is 14.9. The molecule has 2 atom stereocenters. The quantitative estimate of drug-likeness (QED) is 0.196. The Balaban J connectivity index is 0.947. The third-order valence-corrected chi connectivity index (χ3v) is 8.78. The Bertz CT molecular complexity index is 1580. The SMILES string of the molecule is O=C(NCCN1CCN(c2ccc(OC[C@@H]3CO[C@@](Cn4ccnc4)(c4ccc(Cl)cc4Cl)O3)cc2)CC1)Nc1ccc(Cl)cc1. The van der Waals surface area contributed by atoms with Crippen molar-refractivity contribution in [2.24, 2.45) is 0 Å². The predicted molar refractivity (Wildman–Crippen MR) is 180 cm³/mol. The van der Waals surface area contributed by atoms with Gasteiger partial charge in [0.1, 0.15) is 18.5 Å². The highest BCUT2D eigenvalue weighted by molar-refractivity contribution is 6.35. The number of anilines is 2. The van der Waals surface area contributed by atoms with Gasteiger partial charge in [0.2, 0.25) is 5.79 Å². The number of carbonyl (C=O) groups is 1. The molecule has 2 aliphatic heterocycles. The van der Waals surface area contributed by atoms with Crippen LogP contribution in [-0.4, -0.2) is 79.1 Å². The Morgan fingerprint density at radius 3 is 2.46 bits per heavy atom. The minimum absolute atomic E-state index is 0.227. The van der Waals surface area contributed by atoms with Gasteiger partial charge in [-0.15, -0.1) is 0 Å². The Kier molecular flexibility index (Phi) is 10.5. The van der Waals surface area contributed by atoms with Crippen LogP contribution in [0.4, 0.5) is 16.2 Å². The number of nitrogens with one attached hydrogen (secondary N) is 2. The normalized spacial score (nSPS) is 20.1. The highest BCUT2D eigenvalue weighted by atomic mass is 35.5. The highest BCUT2D eigenvalue weighted by Gasteiger charge is 2.45. The fourth-order valence-electron chi connectivity index (χ4n) is 5.58. The van der Waals surface area contributed by atoms with Crippen molar-refractivity contribution in [3.05, 3.63) is 106 Å². The Labute approximate surface area is 283 Å². The van der Waals surface area contributed by atoms with E-state index in [0.717, 1.165) is 44.2 Å². The van der Waals surface area contributed by atoms with Crippen LogP contribution in [0.5, 0.6) is 5.75 Å². The maximum Gasteiger partial charge on any atom is 0.319 e. The Morgan fingerprint density at radius 1 is 0.978 bits per heavy atom. The lowest BCUT2D eigenvalue weighted by Gasteiger charge is -2.36. The number of benzene rings is 3. The molecule has 13 heteroatoms. The molecular weight excluding hydrogens is 651 g/mol. The fourth-order valence-corrected chi connectivity index (χ4v) is 6.26. The molecule has 2 saturated heterocycles. The van der Waals surface area contributed by atoms with Gasteiger partial charge in [0.05, 0.1) is 24.5 Å². The molecular formula is C33H35Cl3N6O4. The summed E-state index contributed by atoms with van der Waals surface area (Å²) >= 11 is 18.6. The van der Waals surface area contributed by atoms with Crippen LogP contribution in [0.1, 0.15) is 5.56 Å². The van der Waals surface area contributed by atoms with Gasteiger partial charge in [-0.05, 0) is 60.7 Å². The number of imidazole rings is 1. The number of carbonyl (C=O) groups excluding carboxylic acids is 1. The molecule has 2 N–H and O–H groups in total. The average Bonchev–Trinajstić information content (AvgIpc) is 3.72. The molecule has 0 aliphatic carbocycles. The van der Waals surface area contributed by atoms with Crippen molar-refractivity contribution in [2.45, 2.75) is 18.4 Å². The molecule has 0 saturated carbocycles. The van der Waals surface area contributed by atoms with Crippen LogP contribution in [-0.2, 0) is 21.8 Å². The molecule has 3 aromatic carbocycles. The molecule has 0 bridgehead atoms. The van der Waals surface area contributed by atoms with E-state index < -0.39 is 5.79 Å². The number of nitrogens with zero attached hydrogens (tertiary/aromatic N) is 4. The van der Waals surface area contributed by atoms with Gasteiger partial charge in [-0.1, -0.05) is 40.9 Å². The van der Waals surface area contributed by atoms with Crippen LogP contribution >= 0.6 is 34.8 Å². The first-order valence-corrected chi connectivity index (χ1v) is 16.2. The number of hydrogen-bond donors (Lipinski definition) is 2. The Morgan fingerprint density at radius 2 is 1.74 bits per heavy atom. The predicted octanol–water partition coefficient (Wildman–Crippen LogP) is 6.13. The zero-order valence-electron chi connectivity index (χ0n) is 25.1. The van der Waals surface area contributed by atoms with E-state index in [9.17, 15) is 4.79 Å². The van der Waals surface area contributed by atoms with Gasteiger partial charge >= 0.3 is 6.03 Å². The smallest absolute Gasteiger partial charge is 0.319 e. The van der Waals surface area contributed by atoms with Crippen LogP contribution < -0.4 is 20.3 Å². The minimum Gasteiger partial charge on any atom is -0.491 e. The first kappa shape index (κ1) is 32.4. The summed E-state index contributed by atoms with van der Waals surface area (Å²) in [6.07, 6.45) is 4.97. The van der Waals surface area contributed by atoms with E-state index in [-0.39, 0.29) is 12.1 Å². The number of amides is 2. The number of ether oxygens (including phenoxy) is 3. The van der Waals surface area contributed by atoms with Crippen LogP contribution in [0.15, 0.2) is 85.5 Å². The van der Waals surface area contributed by atoms with Gasteiger partial charge in [-0.2, -0.15) is 0 Å². The molecule has 10 nitrogen and oxygen atoms in total. The zero-order valence-corrected chi connectivity index (χ0v) is 27.3. The van der Waals surface area contributed by atoms with Gasteiger partial charge in [0.25, 0.3) is 0 Å². The lowest BCUT2D eigenvalue weighted by molar-refractivity contribution is -0.189. The van der Waals surface area contributed by atoms with Gasteiger partial charge in [0.15, 0.2) is 0 Å². The van der Waals surface area contributed by atoms with E-state index in [1.54, 1.807) is 48.9 Å². The third kappa shape index (κ3) is 8.25. The van der Waals surface area contributed by atoms with Gasteiger partial charge in [-0.3, -0.25) is 4.90 Å². The third-order valence-electron chi connectivity index (χ3n) is 7.98. The topological polar surface area (TPSA) is 93.1 Å². The lowest BCUT2D eigenvalue weighted by atomic mass is 10.1. The summed E-state index contributed by atoms with van der Waals surface area (Å²) in [5, 5.41) is 7.38. The van der Waals surface area contributed by atoms with Crippen LogP contribution in [0, 0.1) is 0 Å². The molecule has 1 aromatic heterocycles. The zero-order chi connectivity index (χ0) is 31.9. The van der Waals surface area contributed by atoms with E-state index in [4.69, 9.17) is 49.0 Å². The molecule has 3 heterocycles. The molecule has 242 valence electrons. The van der Waals surface area contributed by atoms with Crippen molar-refractivity contribution in [1.29, 1.82) is 0 Å². The summed E-state index contributed by atoms with van der Waals surface area (Å²) in [6.45, 7) is 6.02. The summed E-state index contributed by atoms with van der Waals surface area (Å²) in [5.41, 5.74) is 2.55. The number of piperazine rings is 1. The summed E-state index contributed by atoms with van der Waals surface area (Å²) in [5.74, 6) is -0.340. The monoisotopic (exact) mass is 684 g/mol. The second-order valence-corrected chi connectivity index (χ2v) is 12.5. The summed E-state index contributed by atoms with van der Waals surface area (Å²) in [6, 6.07) is 20.2. The van der Waals surface area contributed by atoms with E-state index in [1.165, 1.54) is 0 Å². The average molecular weight is 686 g/mol. The van der Waals surface area contributed by atoms with E-state index in [0.29, 0.717) is 52.6 Å². The standard InChI is InChI=1S/C33H35Cl3N6O4/c34-24-1-4-26(5-2-24)39-32(43)38-12-14-40-15-17-42(18-16-40)27-6-8-28(9-7-27)44-20-29-21-45-33(46-29,22-41-13-11-37-23-41)30-10-3-25(35)19-31(30)36/h1-11,13,19,23,29H,12,14-18,20-22H2,(H2,38,39,43)/t29-,33-/m1/s1. The number of rotatable bonds is 11. The number of hydrogen-bond acceptors (Lipinski definition) is 7. The maximum absolute atomic E-state index is 12.2. The van der Waals surface area contributed by atoms with E-state index in [1.807, 2.05) is 29.0 Å². The van der Waals surface area contributed by atoms with Crippen LogP contribution in [0.25, 0.3) is 0 Å². The number of halogens is 3. The Hall–Kier alpha value is -3.51. The van der Waals surface area contributed by atoms with Crippen molar-refractivity contribution >= 4 is 52.2 Å². The molecule has 2 aliphatic rings. The van der Waals surface area contributed by atoms with Crippen LogP contribution in [0.2, 0.25) is 15.1 Å². The molecule has 46 heavy (non-hydrogen) atoms. The second-order valence-electron chi connectivity index (χ2n) is 11.2. The van der Waals surface area contributed by atoms with Gasteiger partial charge in [0, 0.05) is 78.6 Å². The van der Waals surface area contributed by atoms with Gasteiger partial charge in [-0.25, -0.2) is 9.78 Å². The molecule has 0 spiro atoms. The first-order valence-electron chi connectivity index (χ1n) is 15.1. The molecule has 2 amide bonds.